The number of pyridine rings is 1. The number of ether oxygens (including phenoxy) is 1. The van der Waals surface area contributed by atoms with Crippen LogP contribution in [0.5, 0.6) is 5.75 Å². The van der Waals surface area contributed by atoms with Gasteiger partial charge in [0.15, 0.2) is 11.5 Å². The van der Waals surface area contributed by atoms with Gasteiger partial charge in [-0.1, -0.05) is 6.92 Å². The van der Waals surface area contributed by atoms with E-state index in [0.717, 1.165) is 25.7 Å². The van der Waals surface area contributed by atoms with Crippen LogP contribution >= 0.6 is 0 Å². The zero-order valence-corrected chi connectivity index (χ0v) is 18.2. The van der Waals surface area contributed by atoms with Crippen LogP contribution in [0.1, 0.15) is 38.3 Å². The number of nitrogens with zero attached hydrogens (tertiary/aromatic N) is 4. The Morgan fingerprint density at radius 1 is 1.24 bits per heavy atom. The standard InChI is InChI=1S/C25H24FN5O2/c1-2-14(25(32)31-24-13-29-17(11-27)12-30-24)7-15-8-23(19-10-18(15)19)33-22-5-6-28-21-4-3-16(26)9-20(21)22/h3-6,9,12-15,18-19,23H,2,7-8,10H2,1H3,(H,30,31,32)/t14?,15-,18-,19?,23-/m1/s1. The molecule has 8 heteroatoms. The van der Waals surface area contributed by atoms with Crippen molar-refractivity contribution in [3.8, 4) is 11.8 Å². The molecular formula is C25H24FN5O2. The molecule has 5 rings (SSSR count). The van der Waals surface area contributed by atoms with Crippen LogP contribution < -0.4 is 10.1 Å². The summed E-state index contributed by atoms with van der Waals surface area (Å²) in [5.74, 6) is 1.96. The van der Waals surface area contributed by atoms with Crippen LogP contribution in [-0.4, -0.2) is 27.0 Å². The predicted molar refractivity (Wildman–Crippen MR) is 120 cm³/mol. The van der Waals surface area contributed by atoms with Crippen LogP contribution in [0.4, 0.5) is 10.2 Å². The third-order valence-corrected chi connectivity index (χ3v) is 6.92. The average Bonchev–Trinajstić information content (AvgIpc) is 3.56. The number of benzene rings is 1. The lowest BCUT2D eigenvalue weighted by Gasteiger charge is -2.22. The molecule has 1 amide bonds. The Morgan fingerprint density at radius 3 is 2.88 bits per heavy atom. The maximum atomic E-state index is 13.8. The van der Waals surface area contributed by atoms with E-state index in [1.165, 1.54) is 24.5 Å². The van der Waals surface area contributed by atoms with Crippen molar-refractivity contribution >= 4 is 22.6 Å². The number of hydrogen-bond acceptors (Lipinski definition) is 6. The first-order chi connectivity index (χ1) is 16.1. The summed E-state index contributed by atoms with van der Waals surface area (Å²) in [6, 6.07) is 8.25. The van der Waals surface area contributed by atoms with Crippen molar-refractivity contribution in [3.05, 3.63) is 54.4 Å². The number of rotatable bonds is 7. The minimum Gasteiger partial charge on any atom is -0.489 e. The molecule has 2 aromatic heterocycles. The molecule has 33 heavy (non-hydrogen) atoms. The monoisotopic (exact) mass is 445 g/mol. The molecule has 2 aliphatic rings. The number of aromatic nitrogens is 3. The minimum atomic E-state index is -0.308. The fourth-order valence-corrected chi connectivity index (χ4v) is 5.12. The minimum absolute atomic E-state index is 0.0684. The summed E-state index contributed by atoms with van der Waals surface area (Å²) >= 11 is 0. The van der Waals surface area contributed by atoms with Gasteiger partial charge >= 0.3 is 0 Å². The second-order valence-electron chi connectivity index (χ2n) is 8.91. The molecule has 0 bridgehead atoms. The lowest BCUT2D eigenvalue weighted by molar-refractivity contribution is -0.120. The van der Waals surface area contributed by atoms with Crippen molar-refractivity contribution < 1.29 is 13.9 Å². The van der Waals surface area contributed by atoms with Gasteiger partial charge in [0.2, 0.25) is 5.91 Å². The molecule has 2 fully saturated rings. The Kier molecular flexibility index (Phi) is 5.63. The number of hydrogen-bond donors (Lipinski definition) is 1. The lowest BCUT2D eigenvalue weighted by atomic mass is 9.88. The van der Waals surface area contributed by atoms with Crippen molar-refractivity contribution in [2.24, 2.45) is 23.7 Å². The second kappa shape index (κ2) is 8.74. The molecule has 0 radical (unpaired) electrons. The van der Waals surface area contributed by atoms with E-state index < -0.39 is 0 Å². The number of nitrogens with one attached hydrogen (secondary N) is 1. The van der Waals surface area contributed by atoms with E-state index in [1.54, 1.807) is 18.3 Å². The molecule has 2 heterocycles. The van der Waals surface area contributed by atoms with Gasteiger partial charge in [0.1, 0.15) is 23.7 Å². The Hall–Kier alpha value is -3.60. The third-order valence-electron chi connectivity index (χ3n) is 6.92. The first kappa shape index (κ1) is 21.3. The van der Waals surface area contributed by atoms with E-state index in [4.69, 9.17) is 10.00 Å². The summed E-state index contributed by atoms with van der Waals surface area (Å²) < 4.78 is 20.2. The smallest absolute Gasteiger partial charge is 0.228 e. The molecule has 1 N–H and O–H groups in total. The van der Waals surface area contributed by atoms with E-state index in [2.05, 4.69) is 20.3 Å². The molecular weight excluding hydrogens is 421 g/mol. The highest BCUT2D eigenvalue weighted by molar-refractivity contribution is 5.91. The quantitative estimate of drug-likeness (QED) is 0.575. The van der Waals surface area contributed by atoms with E-state index in [-0.39, 0.29) is 29.4 Å². The van der Waals surface area contributed by atoms with Gasteiger partial charge in [-0.2, -0.15) is 5.26 Å². The molecule has 2 saturated carbocycles. The van der Waals surface area contributed by atoms with Gasteiger partial charge in [-0.25, -0.2) is 14.4 Å². The van der Waals surface area contributed by atoms with Gasteiger partial charge in [0.25, 0.3) is 0 Å². The van der Waals surface area contributed by atoms with Crippen molar-refractivity contribution in [1.82, 2.24) is 15.0 Å². The summed E-state index contributed by atoms with van der Waals surface area (Å²) in [6.07, 6.45) is 8.01. The van der Waals surface area contributed by atoms with Gasteiger partial charge in [0, 0.05) is 17.5 Å². The van der Waals surface area contributed by atoms with Gasteiger partial charge in [-0.15, -0.1) is 0 Å². The van der Waals surface area contributed by atoms with Crippen LogP contribution in [0.25, 0.3) is 10.9 Å². The molecule has 1 aromatic carbocycles. The zero-order valence-electron chi connectivity index (χ0n) is 18.2. The molecule has 7 nitrogen and oxygen atoms in total. The maximum absolute atomic E-state index is 13.8. The van der Waals surface area contributed by atoms with Crippen molar-refractivity contribution in [3.63, 3.8) is 0 Å². The van der Waals surface area contributed by atoms with Gasteiger partial charge < -0.3 is 10.1 Å². The number of carbonyl (C=O) groups is 1. The normalized spacial score (nSPS) is 24.0. The van der Waals surface area contributed by atoms with Crippen LogP contribution in [0.15, 0.2) is 42.9 Å². The summed E-state index contributed by atoms with van der Waals surface area (Å²) in [5, 5.41) is 12.3. The van der Waals surface area contributed by atoms with Gasteiger partial charge in [-0.3, -0.25) is 9.78 Å². The number of anilines is 1. The summed E-state index contributed by atoms with van der Waals surface area (Å²) in [4.78, 5) is 25.2. The SMILES string of the molecule is CCC(C[C@@H]1C[C@@H](Oc2ccnc3ccc(F)cc23)C2C[C@@H]21)C(=O)Nc1cnc(C#N)cn1. The predicted octanol–water partition coefficient (Wildman–Crippen LogP) is 4.49. The number of carbonyl (C=O) groups excluding carboxylic acids is 1. The first-order valence-corrected chi connectivity index (χ1v) is 11.3. The highest BCUT2D eigenvalue weighted by Gasteiger charge is 2.55. The number of fused-ring (bicyclic) bond motifs is 2. The van der Waals surface area contributed by atoms with Gasteiger partial charge in [-0.05, 0) is 67.7 Å². The van der Waals surface area contributed by atoms with Crippen molar-refractivity contribution in [2.75, 3.05) is 5.32 Å². The Morgan fingerprint density at radius 2 is 2.12 bits per heavy atom. The lowest BCUT2D eigenvalue weighted by Crippen LogP contribution is -2.26. The number of nitriles is 1. The fraction of sp³-hybridized carbons (Fsp3) is 0.400. The van der Waals surface area contributed by atoms with E-state index >= 15 is 0 Å². The summed E-state index contributed by atoms with van der Waals surface area (Å²) in [7, 11) is 0. The van der Waals surface area contributed by atoms with E-state index in [0.29, 0.717) is 40.2 Å². The molecule has 0 saturated heterocycles. The second-order valence-corrected chi connectivity index (χ2v) is 8.91. The zero-order chi connectivity index (χ0) is 22.9. The summed E-state index contributed by atoms with van der Waals surface area (Å²) in [6.45, 7) is 2.01. The Bertz CT molecular complexity index is 1230. The molecule has 0 aliphatic heterocycles. The topological polar surface area (TPSA) is 101 Å². The Balaban J connectivity index is 1.23. The van der Waals surface area contributed by atoms with E-state index in [1.807, 2.05) is 13.0 Å². The molecule has 2 aliphatic carbocycles. The van der Waals surface area contributed by atoms with Crippen LogP contribution in [0, 0.1) is 40.8 Å². The molecule has 3 aromatic rings. The Labute approximate surface area is 191 Å². The average molecular weight is 445 g/mol. The third kappa shape index (κ3) is 4.36. The highest BCUT2D eigenvalue weighted by atomic mass is 19.1. The molecule has 0 spiro atoms. The summed E-state index contributed by atoms with van der Waals surface area (Å²) in [5.41, 5.74) is 0.922. The number of amides is 1. The fourth-order valence-electron chi connectivity index (χ4n) is 5.12. The molecule has 2 unspecified atom stereocenters. The number of halogens is 1. The van der Waals surface area contributed by atoms with Crippen molar-refractivity contribution in [1.29, 1.82) is 5.26 Å². The molecule has 5 atom stereocenters. The van der Waals surface area contributed by atoms with E-state index in [9.17, 15) is 9.18 Å². The van der Waals surface area contributed by atoms with Crippen molar-refractivity contribution in [2.45, 2.75) is 38.7 Å². The van der Waals surface area contributed by atoms with Gasteiger partial charge in [0.05, 0.1) is 17.9 Å². The van der Waals surface area contributed by atoms with Crippen LogP contribution in [-0.2, 0) is 4.79 Å². The highest BCUT2D eigenvalue weighted by Crippen LogP contribution is 2.58. The first-order valence-electron chi connectivity index (χ1n) is 11.3. The molecule has 168 valence electrons. The maximum Gasteiger partial charge on any atom is 0.228 e. The van der Waals surface area contributed by atoms with Crippen LogP contribution in [0.3, 0.4) is 0 Å². The largest absolute Gasteiger partial charge is 0.489 e. The van der Waals surface area contributed by atoms with Crippen LogP contribution in [0.2, 0.25) is 0 Å².